The van der Waals surface area contributed by atoms with Gasteiger partial charge in [0.25, 0.3) is 5.91 Å². The number of aromatic nitrogens is 5. The lowest BCUT2D eigenvalue weighted by atomic mass is 9.96. The molecule has 3 heterocycles. The van der Waals surface area contributed by atoms with Crippen LogP contribution < -0.4 is 5.32 Å². The van der Waals surface area contributed by atoms with Crippen LogP contribution in [0.1, 0.15) is 28.9 Å². The van der Waals surface area contributed by atoms with Gasteiger partial charge in [0.2, 0.25) is 5.91 Å². The number of piperidine rings is 1. The minimum absolute atomic E-state index is 0.116. The Kier molecular flexibility index (Phi) is 5.28. The predicted octanol–water partition coefficient (Wildman–Crippen LogP) is 1.86. The fourth-order valence-electron chi connectivity index (χ4n) is 3.51. The number of rotatable bonds is 4. The smallest absolute Gasteiger partial charge is 0.256 e. The number of aryl methyl sites for hydroxylation is 1. The van der Waals surface area contributed by atoms with Gasteiger partial charge < -0.3 is 10.2 Å². The molecule has 0 spiro atoms. The largest absolute Gasteiger partial charge is 0.338 e. The van der Waals surface area contributed by atoms with Crippen molar-refractivity contribution in [1.29, 1.82) is 0 Å². The average molecular weight is 391 g/mol. The molecular weight excluding hydrogens is 370 g/mol. The second-order valence-electron chi connectivity index (χ2n) is 7.02. The van der Waals surface area contributed by atoms with Gasteiger partial charge in [-0.2, -0.15) is 4.68 Å². The first-order chi connectivity index (χ1) is 14.1. The van der Waals surface area contributed by atoms with Crippen LogP contribution in [0.5, 0.6) is 0 Å². The first-order valence-corrected chi connectivity index (χ1v) is 9.48. The van der Waals surface area contributed by atoms with Crippen molar-refractivity contribution in [2.45, 2.75) is 19.8 Å². The van der Waals surface area contributed by atoms with Gasteiger partial charge in [-0.25, -0.2) is 4.98 Å². The zero-order chi connectivity index (χ0) is 20.2. The molecule has 1 aliphatic rings. The summed E-state index contributed by atoms with van der Waals surface area (Å²) in [6.45, 7) is 2.84. The van der Waals surface area contributed by atoms with Crippen molar-refractivity contribution in [3.63, 3.8) is 0 Å². The molecule has 0 bridgehead atoms. The summed E-state index contributed by atoms with van der Waals surface area (Å²) in [4.78, 5) is 31.9. The van der Waals surface area contributed by atoms with Crippen molar-refractivity contribution in [2.75, 3.05) is 18.4 Å². The molecule has 1 N–H and O–H groups in total. The number of carbonyl (C=O) groups is 2. The van der Waals surface area contributed by atoms with Gasteiger partial charge in [0, 0.05) is 18.8 Å². The van der Waals surface area contributed by atoms with Crippen molar-refractivity contribution in [1.82, 2.24) is 30.1 Å². The maximum atomic E-state index is 13.2. The summed E-state index contributed by atoms with van der Waals surface area (Å²) in [6.07, 6.45) is 2.95. The standard InChI is InChI=1S/C20H21N7O2/c1-14-6-4-10-18(22-14)23-19(28)15-7-5-11-26(12-15)20(29)16-8-2-3-9-17(16)27-13-21-24-25-27/h2-4,6,8-10,13,15H,5,7,11-12H2,1H3,(H,22,23,28). The molecule has 3 aromatic rings. The molecule has 1 unspecified atom stereocenters. The van der Waals surface area contributed by atoms with Crippen molar-refractivity contribution in [2.24, 2.45) is 5.92 Å². The molecule has 2 aromatic heterocycles. The number of tetrazole rings is 1. The van der Waals surface area contributed by atoms with E-state index in [-0.39, 0.29) is 17.7 Å². The number of pyridine rings is 1. The molecule has 4 rings (SSSR count). The highest BCUT2D eigenvalue weighted by atomic mass is 16.2. The van der Waals surface area contributed by atoms with Gasteiger partial charge in [0.15, 0.2) is 0 Å². The van der Waals surface area contributed by atoms with Crippen molar-refractivity contribution >= 4 is 17.6 Å². The van der Waals surface area contributed by atoms with Crippen LogP contribution in [-0.4, -0.2) is 55.0 Å². The van der Waals surface area contributed by atoms with E-state index >= 15 is 0 Å². The molecule has 0 radical (unpaired) electrons. The van der Waals surface area contributed by atoms with Gasteiger partial charge in [0.05, 0.1) is 17.2 Å². The van der Waals surface area contributed by atoms with Crippen LogP contribution >= 0.6 is 0 Å². The lowest BCUT2D eigenvalue weighted by molar-refractivity contribution is -0.121. The van der Waals surface area contributed by atoms with Crippen LogP contribution in [0.3, 0.4) is 0 Å². The summed E-state index contributed by atoms with van der Waals surface area (Å²) < 4.78 is 1.46. The van der Waals surface area contributed by atoms with E-state index in [9.17, 15) is 9.59 Å². The number of hydrogen-bond acceptors (Lipinski definition) is 6. The van der Waals surface area contributed by atoms with Gasteiger partial charge in [-0.15, -0.1) is 5.10 Å². The molecule has 0 saturated carbocycles. The number of amides is 2. The second-order valence-corrected chi connectivity index (χ2v) is 7.02. The van der Waals surface area contributed by atoms with Gasteiger partial charge in [-0.1, -0.05) is 18.2 Å². The average Bonchev–Trinajstić information content (AvgIpc) is 3.28. The molecular formula is C20H21N7O2. The molecule has 1 saturated heterocycles. The summed E-state index contributed by atoms with van der Waals surface area (Å²) in [5, 5.41) is 14.0. The molecule has 1 fully saturated rings. The molecule has 9 heteroatoms. The lowest BCUT2D eigenvalue weighted by Crippen LogP contribution is -2.44. The zero-order valence-corrected chi connectivity index (χ0v) is 16.0. The van der Waals surface area contributed by atoms with Gasteiger partial charge in [-0.05, 0) is 54.5 Å². The minimum Gasteiger partial charge on any atom is -0.338 e. The number of nitrogens with zero attached hydrogens (tertiary/aromatic N) is 6. The number of carbonyl (C=O) groups excluding carboxylic acids is 2. The molecule has 1 aliphatic heterocycles. The zero-order valence-electron chi connectivity index (χ0n) is 16.0. The van der Waals surface area contributed by atoms with E-state index in [1.807, 2.05) is 25.1 Å². The third-order valence-electron chi connectivity index (χ3n) is 4.95. The lowest BCUT2D eigenvalue weighted by Gasteiger charge is -2.32. The molecule has 148 valence electrons. The van der Waals surface area contributed by atoms with E-state index < -0.39 is 0 Å². The Hall–Kier alpha value is -3.62. The molecule has 9 nitrogen and oxygen atoms in total. The number of para-hydroxylation sites is 1. The Labute approximate surface area is 167 Å². The monoisotopic (exact) mass is 391 g/mol. The Bertz CT molecular complexity index is 1020. The van der Waals surface area contributed by atoms with Crippen molar-refractivity contribution in [3.8, 4) is 5.69 Å². The van der Waals surface area contributed by atoms with Crippen LogP contribution in [0.4, 0.5) is 5.82 Å². The van der Waals surface area contributed by atoms with E-state index in [1.54, 1.807) is 29.2 Å². The maximum absolute atomic E-state index is 13.2. The number of nitrogens with one attached hydrogen (secondary N) is 1. The van der Waals surface area contributed by atoms with E-state index in [1.165, 1.54) is 11.0 Å². The number of benzene rings is 1. The molecule has 0 aliphatic carbocycles. The summed E-state index contributed by atoms with van der Waals surface area (Å²) in [5.74, 6) is -0.00525. The summed E-state index contributed by atoms with van der Waals surface area (Å²) in [6, 6.07) is 12.7. The molecule has 1 atom stereocenters. The van der Waals surface area contributed by atoms with Crippen LogP contribution in [0.15, 0.2) is 48.8 Å². The third-order valence-corrected chi connectivity index (χ3v) is 4.95. The Morgan fingerprint density at radius 2 is 2.00 bits per heavy atom. The third kappa shape index (κ3) is 4.13. The SMILES string of the molecule is Cc1cccc(NC(=O)C2CCCN(C(=O)c3ccccc3-n3cnnn3)C2)n1. The van der Waals surface area contributed by atoms with E-state index in [0.29, 0.717) is 30.2 Å². The second kappa shape index (κ2) is 8.17. The van der Waals surface area contributed by atoms with Crippen LogP contribution in [0, 0.1) is 12.8 Å². The van der Waals surface area contributed by atoms with Crippen molar-refractivity contribution < 1.29 is 9.59 Å². The Balaban J connectivity index is 1.49. The van der Waals surface area contributed by atoms with Gasteiger partial charge >= 0.3 is 0 Å². The number of likely N-dealkylation sites (tertiary alicyclic amines) is 1. The summed E-state index contributed by atoms with van der Waals surface area (Å²) in [7, 11) is 0. The van der Waals surface area contributed by atoms with Gasteiger partial charge in [0.1, 0.15) is 12.1 Å². The number of hydrogen-bond donors (Lipinski definition) is 1. The van der Waals surface area contributed by atoms with Crippen molar-refractivity contribution in [3.05, 3.63) is 60.0 Å². The van der Waals surface area contributed by atoms with E-state index in [4.69, 9.17) is 0 Å². The molecule has 2 amide bonds. The Morgan fingerprint density at radius 1 is 1.14 bits per heavy atom. The predicted molar refractivity (Wildman–Crippen MR) is 105 cm³/mol. The molecule has 1 aromatic carbocycles. The molecule has 29 heavy (non-hydrogen) atoms. The van der Waals surface area contributed by atoms with E-state index in [2.05, 4.69) is 25.8 Å². The first kappa shape index (κ1) is 18.7. The topological polar surface area (TPSA) is 106 Å². The van der Waals surface area contributed by atoms with Crippen LogP contribution in [0.2, 0.25) is 0 Å². The normalized spacial score (nSPS) is 16.4. The highest BCUT2D eigenvalue weighted by Gasteiger charge is 2.30. The van der Waals surface area contributed by atoms with E-state index in [0.717, 1.165) is 18.5 Å². The minimum atomic E-state index is -0.282. The highest BCUT2D eigenvalue weighted by Crippen LogP contribution is 2.22. The quantitative estimate of drug-likeness (QED) is 0.728. The van der Waals surface area contributed by atoms with Crippen LogP contribution in [-0.2, 0) is 4.79 Å². The number of anilines is 1. The summed E-state index contributed by atoms with van der Waals surface area (Å²) >= 11 is 0. The summed E-state index contributed by atoms with van der Waals surface area (Å²) in [5.41, 5.74) is 1.95. The van der Waals surface area contributed by atoms with Gasteiger partial charge in [-0.3, -0.25) is 9.59 Å². The fraction of sp³-hybridized carbons (Fsp3) is 0.300. The highest BCUT2D eigenvalue weighted by molar-refractivity contribution is 5.98. The fourth-order valence-corrected chi connectivity index (χ4v) is 3.51. The van der Waals surface area contributed by atoms with Crippen LogP contribution in [0.25, 0.3) is 5.69 Å². The maximum Gasteiger partial charge on any atom is 0.256 e. The first-order valence-electron chi connectivity index (χ1n) is 9.48. The Morgan fingerprint density at radius 3 is 2.79 bits per heavy atom.